The maximum Gasteiger partial charge on any atom is 0.325 e. The van der Waals surface area contributed by atoms with Crippen LogP contribution in [0.4, 0.5) is 14.9 Å². The van der Waals surface area contributed by atoms with Crippen LogP contribution in [0.25, 0.3) is 0 Å². The molecule has 2 aromatic rings. The van der Waals surface area contributed by atoms with E-state index in [0.29, 0.717) is 12.0 Å². The van der Waals surface area contributed by atoms with Gasteiger partial charge in [-0.05, 0) is 24.1 Å². The summed E-state index contributed by atoms with van der Waals surface area (Å²) < 4.78 is 13.6. The third-order valence-electron chi connectivity index (χ3n) is 4.42. The molecule has 1 atom stereocenters. The Bertz CT molecular complexity index is 856. The van der Waals surface area contributed by atoms with Crippen LogP contribution in [0, 0.1) is 5.82 Å². The fraction of sp³-hybridized carbons (Fsp3) is 0.211. The minimum absolute atomic E-state index is 0.00521. The lowest BCUT2D eigenvalue weighted by atomic mass is 9.87. The predicted molar refractivity (Wildman–Crippen MR) is 93.7 cm³/mol. The molecule has 3 rings (SSSR count). The molecule has 6 nitrogen and oxygen atoms in total. The van der Waals surface area contributed by atoms with E-state index >= 15 is 0 Å². The SMILES string of the molecule is CC[C@@]1(c2ccccc2)NC(=O)N(CC(=O)Nc2ccccc2F)C1=O. The number of hydrogen-bond acceptors (Lipinski definition) is 3. The van der Waals surface area contributed by atoms with Gasteiger partial charge in [0.15, 0.2) is 0 Å². The van der Waals surface area contributed by atoms with Gasteiger partial charge in [0, 0.05) is 0 Å². The number of hydrogen-bond donors (Lipinski definition) is 2. The summed E-state index contributed by atoms with van der Waals surface area (Å²) in [5, 5.41) is 5.07. The van der Waals surface area contributed by atoms with Crippen LogP contribution >= 0.6 is 0 Å². The highest BCUT2D eigenvalue weighted by atomic mass is 19.1. The van der Waals surface area contributed by atoms with Gasteiger partial charge in [0.2, 0.25) is 5.91 Å². The molecule has 7 heteroatoms. The molecule has 1 saturated heterocycles. The van der Waals surface area contributed by atoms with Gasteiger partial charge in [-0.1, -0.05) is 49.4 Å². The number of urea groups is 1. The zero-order chi connectivity index (χ0) is 18.7. The Labute approximate surface area is 150 Å². The quantitative estimate of drug-likeness (QED) is 0.810. The maximum absolute atomic E-state index is 13.6. The van der Waals surface area contributed by atoms with Crippen molar-refractivity contribution in [2.75, 3.05) is 11.9 Å². The lowest BCUT2D eigenvalue weighted by Gasteiger charge is -2.25. The summed E-state index contributed by atoms with van der Waals surface area (Å²) in [6, 6.07) is 13.9. The van der Waals surface area contributed by atoms with Gasteiger partial charge >= 0.3 is 6.03 Å². The smallest absolute Gasteiger partial charge is 0.322 e. The van der Waals surface area contributed by atoms with Gasteiger partial charge in [0.1, 0.15) is 17.9 Å². The average molecular weight is 355 g/mol. The molecule has 0 bridgehead atoms. The fourth-order valence-corrected chi connectivity index (χ4v) is 3.03. The van der Waals surface area contributed by atoms with Crippen molar-refractivity contribution < 1.29 is 18.8 Å². The number of amides is 4. The lowest BCUT2D eigenvalue weighted by Crippen LogP contribution is -2.44. The molecule has 2 N–H and O–H groups in total. The van der Waals surface area contributed by atoms with Crippen LogP contribution in [0.3, 0.4) is 0 Å². The Morgan fingerprint density at radius 1 is 1.12 bits per heavy atom. The van der Waals surface area contributed by atoms with Gasteiger partial charge in [0.25, 0.3) is 5.91 Å². The fourth-order valence-electron chi connectivity index (χ4n) is 3.03. The number of carbonyl (C=O) groups is 3. The van der Waals surface area contributed by atoms with Gasteiger partial charge in [0.05, 0.1) is 5.69 Å². The van der Waals surface area contributed by atoms with E-state index in [2.05, 4.69) is 10.6 Å². The molecule has 2 aromatic carbocycles. The van der Waals surface area contributed by atoms with Crippen LogP contribution in [0.1, 0.15) is 18.9 Å². The lowest BCUT2D eigenvalue weighted by molar-refractivity contribution is -0.134. The number of nitrogens with one attached hydrogen (secondary N) is 2. The number of rotatable bonds is 5. The number of imide groups is 1. The minimum Gasteiger partial charge on any atom is -0.322 e. The van der Waals surface area contributed by atoms with Crippen molar-refractivity contribution in [2.24, 2.45) is 0 Å². The molecule has 0 unspecified atom stereocenters. The Hall–Kier alpha value is -3.22. The van der Waals surface area contributed by atoms with Gasteiger partial charge in [-0.15, -0.1) is 0 Å². The Morgan fingerprint density at radius 2 is 1.77 bits per heavy atom. The molecule has 1 aliphatic rings. The van der Waals surface area contributed by atoms with E-state index in [0.717, 1.165) is 4.90 Å². The van der Waals surface area contributed by atoms with Crippen molar-refractivity contribution >= 4 is 23.5 Å². The van der Waals surface area contributed by atoms with Gasteiger partial charge in [-0.25, -0.2) is 9.18 Å². The third kappa shape index (κ3) is 3.03. The first kappa shape index (κ1) is 17.6. The Morgan fingerprint density at radius 3 is 2.42 bits per heavy atom. The molecule has 134 valence electrons. The zero-order valence-corrected chi connectivity index (χ0v) is 14.2. The summed E-state index contributed by atoms with van der Waals surface area (Å²) in [6.45, 7) is 1.29. The Balaban J connectivity index is 1.79. The second-order valence-electron chi connectivity index (χ2n) is 5.97. The summed E-state index contributed by atoms with van der Waals surface area (Å²) >= 11 is 0. The third-order valence-corrected chi connectivity index (χ3v) is 4.42. The first-order valence-electron chi connectivity index (χ1n) is 8.22. The molecular formula is C19H18FN3O3. The van der Waals surface area contributed by atoms with E-state index < -0.39 is 35.7 Å². The molecule has 1 aliphatic heterocycles. The maximum atomic E-state index is 13.6. The number of halogens is 1. The molecule has 1 fully saturated rings. The number of benzene rings is 2. The second-order valence-corrected chi connectivity index (χ2v) is 5.97. The van der Waals surface area contributed by atoms with E-state index in [-0.39, 0.29) is 5.69 Å². The molecule has 4 amide bonds. The van der Waals surface area contributed by atoms with Crippen LogP contribution in [0.2, 0.25) is 0 Å². The van der Waals surface area contributed by atoms with E-state index in [4.69, 9.17) is 0 Å². The second kappa shape index (κ2) is 6.95. The highest BCUT2D eigenvalue weighted by molar-refractivity contribution is 6.10. The first-order valence-corrected chi connectivity index (χ1v) is 8.22. The van der Waals surface area contributed by atoms with Crippen molar-refractivity contribution in [1.29, 1.82) is 0 Å². The van der Waals surface area contributed by atoms with Crippen LogP contribution in [0.15, 0.2) is 54.6 Å². The van der Waals surface area contributed by atoms with E-state index in [1.807, 2.05) is 6.07 Å². The molecule has 26 heavy (non-hydrogen) atoms. The highest BCUT2D eigenvalue weighted by Gasteiger charge is 2.51. The number of para-hydroxylation sites is 1. The number of anilines is 1. The topological polar surface area (TPSA) is 78.5 Å². The number of carbonyl (C=O) groups excluding carboxylic acids is 3. The van der Waals surface area contributed by atoms with E-state index in [9.17, 15) is 18.8 Å². The molecule has 1 heterocycles. The highest BCUT2D eigenvalue weighted by Crippen LogP contribution is 2.32. The van der Waals surface area contributed by atoms with Crippen LogP contribution in [-0.2, 0) is 15.1 Å². The average Bonchev–Trinajstić information content (AvgIpc) is 2.89. The number of nitrogens with zero attached hydrogens (tertiary/aromatic N) is 1. The molecule has 0 saturated carbocycles. The molecule has 0 spiro atoms. The monoisotopic (exact) mass is 355 g/mol. The van der Waals surface area contributed by atoms with Crippen molar-refractivity contribution in [1.82, 2.24) is 10.2 Å². The summed E-state index contributed by atoms with van der Waals surface area (Å²) in [5.41, 5.74) is -0.552. The van der Waals surface area contributed by atoms with Crippen molar-refractivity contribution in [3.63, 3.8) is 0 Å². The summed E-state index contributed by atoms with van der Waals surface area (Å²) in [6.07, 6.45) is 0.340. The van der Waals surface area contributed by atoms with E-state index in [1.165, 1.54) is 18.2 Å². The predicted octanol–water partition coefficient (Wildman–Crippen LogP) is 2.62. The summed E-state index contributed by atoms with van der Waals surface area (Å²) in [5.74, 6) is -1.75. The normalized spacial score (nSPS) is 19.4. The molecule has 0 aromatic heterocycles. The first-order chi connectivity index (χ1) is 12.5. The molecule has 0 radical (unpaired) electrons. The summed E-state index contributed by atoms with van der Waals surface area (Å²) in [4.78, 5) is 38.3. The standard InChI is InChI=1S/C19H18FN3O3/c1-2-19(13-8-4-3-5-9-13)17(25)23(18(26)22-19)12-16(24)21-15-11-7-6-10-14(15)20/h3-11H,2,12H2,1H3,(H,21,24)(H,22,26)/t19-/m0/s1. The largest absolute Gasteiger partial charge is 0.325 e. The minimum atomic E-state index is -1.20. The zero-order valence-electron chi connectivity index (χ0n) is 14.2. The Kier molecular flexibility index (Phi) is 4.71. The van der Waals surface area contributed by atoms with Crippen LogP contribution < -0.4 is 10.6 Å². The van der Waals surface area contributed by atoms with Crippen LogP contribution in [0.5, 0.6) is 0 Å². The summed E-state index contributed by atoms with van der Waals surface area (Å²) in [7, 11) is 0. The van der Waals surface area contributed by atoms with Gasteiger partial charge in [-0.2, -0.15) is 0 Å². The molecule has 0 aliphatic carbocycles. The van der Waals surface area contributed by atoms with Crippen LogP contribution in [-0.4, -0.2) is 29.3 Å². The van der Waals surface area contributed by atoms with Crippen molar-refractivity contribution in [3.05, 3.63) is 66.0 Å². The van der Waals surface area contributed by atoms with Crippen molar-refractivity contribution in [2.45, 2.75) is 18.9 Å². The van der Waals surface area contributed by atoms with Gasteiger partial charge in [-0.3, -0.25) is 14.5 Å². The molecular weight excluding hydrogens is 337 g/mol. The van der Waals surface area contributed by atoms with E-state index in [1.54, 1.807) is 37.3 Å². The van der Waals surface area contributed by atoms with Gasteiger partial charge < -0.3 is 10.6 Å². The van der Waals surface area contributed by atoms with Crippen molar-refractivity contribution in [3.8, 4) is 0 Å².